The van der Waals surface area contributed by atoms with Gasteiger partial charge >= 0.3 is 6.18 Å². The Morgan fingerprint density at radius 2 is 1.89 bits per heavy atom. The monoisotopic (exact) mass is 461 g/mol. The van der Waals surface area contributed by atoms with E-state index in [9.17, 15) is 13.2 Å². The highest BCUT2D eigenvalue weighted by Crippen LogP contribution is 2.31. The molecule has 28 heavy (non-hydrogen) atoms. The van der Waals surface area contributed by atoms with Crippen LogP contribution in [0.2, 0.25) is 0 Å². The molecule has 8 heteroatoms. The third-order valence-electron chi connectivity index (χ3n) is 3.79. The summed E-state index contributed by atoms with van der Waals surface area (Å²) in [5, 5.41) is 0. The van der Waals surface area contributed by atoms with E-state index in [4.69, 9.17) is 4.74 Å². The van der Waals surface area contributed by atoms with Gasteiger partial charge in [-0.15, -0.1) is 0 Å². The standard InChI is InChI=1S/C10H7BrF3N3O.C10H20/c1-18-8-7(11)4-6(5-16-8)17-3-2-15-9(17)10(12,13)14;1-3-5-7-9-10-8-6-4-2/h2-5H,1H3;5,7H,3-4,6,8-10H2,1-2H3. The van der Waals surface area contributed by atoms with Gasteiger partial charge in [-0.05, 0) is 41.3 Å². The Hall–Kier alpha value is -1.83. The van der Waals surface area contributed by atoms with Crippen molar-refractivity contribution in [1.29, 1.82) is 0 Å². The highest BCUT2D eigenvalue weighted by Gasteiger charge is 2.36. The first-order valence-electron chi connectivity index (χ1n) is 9.30. The number of hydrogen-bond acceptors (Lipinski definition) is 3. The van der Waals surface area contributed by atoms with Crippen molar-refractivity contribution in [2.45, 2.75) is 58.5 Å². The zero-order chi connectivity index (χ0) is 21.0. The number of imidazole rings is 1. The van der Waals surface area contributed by atoms with Gasteiger partial charge in [0.2, 0.25) is 11.7 Å². The van der Waals surface area contributed by atoms with E-state index in [1.54, 1.807) is 0 Å². The minimum absolute atomic E-state index is 0.243. The molecule has 0 radical (unpaired) electrons. The normalized spacial score (nSPS) is 11.4. The summed E-state index contributed by atoms with van der Waals surface area (Å²) in [4.78, 5) is 7.19. The maximum atomic E-state index is 12.7. The minimum Gasteiger partial charge on any atom is -0.480 e. The SMILES string of the molecule is CCC=CCCCCCC.COc1ncc(-n2ccnc2C(F)(F)F)cc1Br. The van der Waals surface area contributed by atoms with Gasteiger partial charge in [-0.1, -0.05) is 45.3 Å². The van der Waals surface area contributed by atoms with E-state index < -0.39 is 12.0 Å². The molecule has 0 spiro atoms. The fraction of sp³-hybridized carbons (Fsp3) is 0.500. The molecule has 0 aliphatic rings. The Balaban J connectivity index is 0.000000336. The van der Waals surface area contributed by atoms with Crippen LogP contribution in [0, 0.1) is 0 Å². The lowest BCUT2D eigenvalue weighted by Crippen LogP contribution is -2.13. The fourth-order valence-corrected chi connectivity index (χ4v) is 2.89. The second kappa shape index (κ2) is 12.6. The summed E-state index contributed by atoms with van der Waals surface area (Å²) in [6, 6.07) is 1.47. The van der Waals surface area contributed by atoms with E-state index in [1.165, 1.54) is 64.1 Å². The number of halogens is 4. The molecule has 0 amide bonds. The van der Waals surface area contributed by atoms with Crippen LogP contribution < -0.4 is 4.74 Å². The number of ether oxygens (including phenoxy) is 1. The molecular weight excluding hydrogens is 435 g/mol. The van der Waals surface area contributed by atoms with Crippen LogP contribution in [-0.4, -0.2) is 21.6 Å². The molecule has 2 rings (SSSR count). The number of aromatic nitrogens is 3. The lowest BCUT2D eigenvalue weighted by Gasteiger charge is -2.11. The number of pyridine rings is 1. The summed E-state index contributed by atoms with van der Waals surface area (Å²) in [5.41, 5.74) is 0.243. The predicted octanol–water partition coefficient (Wildman–Crippen LogP) is 6.98. The Kier molecular flexibility index (Phi) is 10.9. The van der Waals surface area contributed by atoms with Gasteiger partial charge in [0.05, 0.1) is 23.5 Å². The van der Waals surface area contributed by atoms with Crippen molar-refractivity contribution in [3.63, 3.8) is 0 Å². The van der Waals surface area contributed by atoms with Crippen molar-refractivity contribution in [3.05, 3.63) is 47.1 Å². The quantitative estimate of drug-likeness (QED) is 0.314. The van der Waals surface area contributed by atoms with Gasteiger partial charge in [-0.3, -0.25) is 4.57 Å². The van der Waals surface area contributed by atoms with Crippen molar-refractivity contribution < 1.29 is 17.9 Å². The molecule has 0 fully saturated rings. The summed E-state index contributed by atoms with van der Waals surface area (Å²) in [6.45, 7) is 4.43. The number of unbranched alkanes of at least 4 members (excludes halogenated alkanes) is 4. The number of rotatable bonds is 8. The van der Waals surface area contributed by atoms with E-state index >= 15 is 0 Å². The highest BCUT2D eigenvalue weighted by atomic mass is 79.9. The summed E-state index contributed by atoms with van der Waals surface area (Å²) in [6.07, 6.45) is 11.6. The van der Waals surface area contributed by atoms with Gasteiger partial charge in [-0.2, -0.15) is 13.2 Å². The average molecular weight is 462 g/mol. The van der Waals surface area contributed by atoms with Gasteiger partial charge in [0.1, 0.15) is 0 Å². The van der Waals surface area contributed by atoms with Crippen molar-refractivity contribution >= 4 is 15.9 Å². The second-order valence-corrected chi connectivity index (χ2v) is 6.89. The lowest BCUT2D eigenvalue weighted by molar-refractivity contribution is -0.145. The number of nitrogens with zero attached hydrogens (tertiary/aromatic N) is 3. The fourth-order valence-electron chi connectivity index (χ4n) is 2.39. The van der Waals surface area contributed by atoms with Crippen LogP contribution in [0.5, 0.6) is 5.88 Å². The van der Waals surface area contributed by atoms with Gasteiger partial charge in [-0.25, -0.2) is 9.97 Å². The van der Waals surface area contributed by atoms with E-state index in [2.05, 4.69) is 51.9 Å². The third kappa shape index (κ3) is 8.04. The Morgan fingerprint density at radius 3 is 2.46 bits per heavy atom. The largest absolute Gasteiger partial charge is 0.480 e. The highest BCUT2D eigenvalue weighted by molar-refractivity contribution is 9.10. The number of allylic oxidation sites excluding steroid dienone is 2. The molecule has 0 atom stereocenters. The number of alkyl halides is 3. The smallest absolute Gasteiger partial charge is 0.450 e. The van der Waals surface area contributed by atoms with E-state index in [1.807, 2.05) is 0 Å². The zero-order valence-electron chi connectivity index (χ0n) is 16.5. The topological polar surface area (TPSA) is 39.9 Å². The van der Waals surface area contributed by atoms with Gasteiger partial charge in [0.15, 0.2) is 0 Å². The van der Waals surface area contributed by atoms with Crippen LogP contribution in [0.25, 0.3) is 5.69 Å². The third-order valence-corrected chi connectivity index (χ3v) is 4.35. The molecule has 2 heterocycles. The first kappa shape index (κ1) is 24.2. The molecule has 0 N–H and O–H groups in total. The summed E-state index contributed by atoms with van der Waals surface area (Å²) in [7, 11) is 1.42. The first-order valence-corrected chi connectivity index (χ1v) is 10.1. The maximum Gasteiger partial charge on any atom is 0.450 e. The first-order chi connectivity index (χ1) is 13.3. The molecular formula is C20H27BrF3N3O. The van der Waals surface area contributed by atoms with Crippen LogP contribution in [-0.2, 0) is 6.18 Å². The Labute approximate surface area is 173 Å². The summed E-state index contributed by atoms with van der Waals surface area (Å²) in [5.74, 6) is -0.700. The van der Waals surface area contributed by atoms with Crippen LogP contribution in [0.15, 0.2) is 41.3 Å². The van der Waals surface area contributed by atoms with Crippen molar-refractivity contribution in [3.8, 4) is 11.6 Å². The van der Waals surface area contributed by atoms with Gasteiger partial charge in [0, 0.05) is 12.4 Å². The Morgan fingerprint density at radius 1 is 1.14 bits per heavy atom. The van der Waals surface area contributed by atoms with Crippen LogP contribution in [0.4, 0.5) is 13.2 Å². The molecule has 0 aliphatic carbocycles. The van der Waals surface area contributed by atoms with Gasteiger partial charge in [0.25, 0.3) is 0 Å². The molecule has 2 aromatic heterocycles. The number of hydrogen-bond donors (Lipinski definition) is 0. The zero-order valence-corrected chi connectivity index (χ0v) is 18.1. The molecule has 0 aromatic carbocycles. The maximum absolute atomic E-state index is 12.7. The predicted molar refractivity (Wildman–Crippen MR) is 109 cm³/mol. The molecule has 2 aromatic rings. The van der Waals surface area contributed by atoms with Crippen molar-refractivity contribution in [2.75, 3.05) is 7.11 Å². The molecule has 0 aliphatic heterocycles. The van der Waals surface area contributed by atoms with Crippen molar-refractivity contribution in [1.82, 2.24) is 14.5 Å². The van der Waals surface area contributed by atoms with Crippen molar-refractivity contribution in [2.24, 2.45) is 0 Å². The van der Waals surface area contributed by atoms with E-state index in [0.29, 0.717) is 10.4 Å². The Bertz CT molecular complexity index is 730. The van der Waals surface area contributed by atoms with Crippen LogP contribution >= 0.6 is 15.9 Å². The summed E-state index contributed by atoms with van der Waals surface area (Å²) < 4.78 is 44.3. The van der Waals surface area contributed by atoms with E-state index in [0.717, 1.165) is 10.8 Å². The molecule has 156 valence electrons. The molecule has 0 unspecified atom stereocenters. The molecule has 0 saturated heterocycles. The van der Waals surface area contributed by atoms with Crippen LogP contribution in [0.3, 0.4) is 0 Å². The van der Waals surface area contributed by atoms with E-state index in [-0.39, 0.29) is 5.69 Å². The van der Waals surface area contributed by atoms with Crippen LogP contribution in [0.1, 0.15) is 58.2 Å². The number of methoxy groups -OCH3 is 1. The average Bonchev–Trinajstić information content (AvgIpc) is 3.15. The molecule has 0 saturated carbocycles. The van der Waals surface area contributed by atoms with Gasteiger partial charge < -0.3 is 4.74 Å². The summed E-state index contributed by atoms with van der Waals surface area (Å²) >= 11 is 3.17. The molecule has 0 bridgehead atoms. The lowest BCUT2D eigenvalue weighted by atomic mass is 10.1. The second-order valence-electron chi connectivity index (χ2n) is 6.03. The molecule has 4 nitrogen and oxygen atoms in total. The minimum atomic E-state index is -4.52.